The molecule has 2 aromatic rings. The molecular weight excluding hydrogens is 260 g/mol. The molecule has 3 heteroatoms. The van der Waals surface area contributed by atoms with Crippen molar-refractivity contribution in [3.05, 3.63) is 59.7 Å². The van der Waals surface area contributed by atoms with Crippen molar-refractivity contribution >= 4 is 17.3 Å². The Morgan fingerprint density at radius 1 is 1.19 bits per heavy atom. The Hall–Kier alpha value is -2.29. The summed E-state index contributed by atoms with van der Waals surface area (Å²) in [7, 11) is 0. The zero-order chi connectivity index (χ0) is 14.7. The number of hydrogen-bond donors (Lipinski definition) is 1. The van der Waals surface area contributed by atoms with Gasteiger partial charge >= 0.3 is 0 Å². The molecule has 0 spiro atoms. The van der Waals surface area contributed by atoms with E-state index in [-0.39, 0.29) is 5.91 Å². The maximum atomic E-state index is 12.1. The minimum atomic E-state index is 0.0741. The molecule has 3 nitrogen and oxygen atoms in total. The first-order chi connectivity index (χ1) is 10.2. The topological polar surface area (TPSA) is 32.3 Å². The van der Waals surface area contributed by atoms with E-state index in [1.54, 1.807) is 0 Å². The highest BCUT2D eigenvalue weighted by Crippen LogP contribution is 2.27. The van der Waals surface area contributed by atoms with E-state index in [2.05, 4.69) is 34.5 Å². The maximum absolute atomic E-state index is 12.1. The van der Waals surface area contributed by atoms with Crippen molar-refractivity contribution in [1.29, 1.82) is 0 Å². The summed E-state index contributed by atoms with van der Waals surface area (Å²) in [6, 6.07) is 16.3. The van der Waals surface area contributed by atoms with Crippen LogP contribution < -0.4 is 10.2 Å². The molecule has 0 unspecified atom stereocenters. The zero-order valence-corrected chi connectivity index (χ0v) is 12.3. The van der Waals surface area contributed by atoms with Gasteiger partial charge in [0, 0.05) is 30.9 Å². The van der Waals surface area contributed by atoms with E-state index in [0.717, 1.165) is 30.8 Å². The van der Waals surface area contributed by atoms with Gasteiger partial charge < -0.3 is 10.2 Å². The van der Waals surface area contributed by atoms with Crippen molar-refractivity contribution in [3.63, 3.8) is 0 Å². The Morgan fingerprint density at radius 2 is 2.05 bits per heavy atom. The summed E-state index contributed by atoms with van der Waals surface area (Å²) in [6.07, 6.45) is 1.60. The molecule has 2 aromatic carbocycles. The van der Waals surface area contributed by atoms with Crippen molar-refractivity contribution in [3.8, 4) is 0 Å². The molecule has 0 aliphatic carbocycles. The zero-order valence-electron chi connectivity index (χ0n) is 12.3. The Kier molecular flexibility index (Phi) is 3.91. The quantitative estimate of drug-likeness (QED) is 0.931. The minimum Gasteiger partial charge on any atom is -0.370 e. The lowest BCUT2D eigenvalue weighted by molar-refractivity contribution is -0.116. The molecule has 0 aromatic heterocycles. The molecule has 1 N–H and O–H groups in total. The van der Waals surface area contributed by atoms with Crippen molar-refractivity contribution < 1.29 is 4.79 Å². The van der Waals surface area contributed by atoms with Gasteiger partial charge in [-0.15, -0.1) is 0 Å². The van der Waals surface area contributed by atoms with Crippen molar-refractivity contribution in [1.82, 2.24) is 0 Å². The van der Waals surface area contributed by atoms with Crippen LogP contribution in [0, 0.1) is 6.92 Å². The number of benzene rings is 2. The Bertz CT molecular complexity index is 651. The second-order valence-electron chi connectivity index (χ2n) is 5.53. The molecule has 1 aliphatic heterocycles. The normalized spacial score (nSPS) is 13.1. The smallest absolute Gasteiger partial charge is 0.226 e. The number of rotatable bonds is 4. The first-order valence-electron chi connectivity index (χ1n) is 7.42. The molecule has 0 saturated carbocycles. The lowest BCUT2D eigenvalue weighted by Gasteiger charge is -2.19. The van der Waals surface area contributed by atoms with Crippen LogP contribution in [0.3, 0.4) is 0 Å². The van der Waals surface area contributed by atoms with Crippen LogP contribution in [-0.2, 0) is 11.2 Å². The van der Waals surface area contributed by atoms with E-state index in [1.165, 1.54) is 11.3 Å². The second kappa shape index (κ2) is 6.00. The highest BCUT2D eigenvalue weighted by atomic mass is 16.1. The molecule has 0 bridgehead atoms. The summed E-state index contributed by atoms with van der Waals surface area (Å²) in [5, 5.41) is 2.97. The van der Waals surface area contributed by atoms with Gasteiger partial charge in [-0.1, -0.05) is 30.3 Å². The molecule has 0 fully saturated rings. The largest absolute Gasteiger partial charge is 0.370 e. The van der Waals surface area contributed by atoms with Crippen LogP contribution in [0.15, 0.2) is 48.5 Å². The van der Waals surface area contributed by atoms with Crippen LogP contribution in [0.4, 0.5) is 11.4 Å². The fraction of sp³-hybridized carbons (Fsp3) is 0.278. The number of para-hydroxylation sites is 1. The molecule has 1 heterocycles. The lowest BCUT2D eigenvalue weighted by Crippen LogP contribution is -2.26. The molecule has 0 atom stereocenters. The third-order valence-electron chi connectivity index (χ3n) is 3.89. The highest BCUT2D eigenvalue weighted by Gasteiger charge is 2.18. The molecule has 3 rings (SSSR count). The molecule has 0 radical (unpaired) electrons. The predicted octanol–water partition coefficient (Wildman–Crippen LogP) is 3.39. The van der Waals surface area contributed by atoms with Crippen molar-refractivity contribution in [2.75, 3.05) is 23.3 Å². The van der Waals surface area contributed by atoms with Gasteiger partial charge in [0.1, 0.15) is 0 Å². The first-order valence-corrected chi connectivity index (χ1v) is 7.42. The molecule has 0 saturated heterocycles. The van der Waals surface area contributed by atoms with E-state index in [9.17, 15) is 4.79 Å². The summed E-state index contributed by atoms with van der Waals surface area (Å²) in [6.45, 7) is 3.81. The van der Waals surface area contributed by atoms with Crippen LogP contribution in [0.5, 0.6) is 0 Å². The lowest BCUT2D eigenvalue weighted by atomic mass is 10.2. The molecule has 108 valence electrons. The van der Waals surface area contributed by atoms with Crippen molar-refractivity contribution in [2.45, 2.75) is 19.8 Å². The average Bonchev–Trinajstić information content (AvgIpc) is 2.88. The number of fused-ring (bicyclic) bond motifs is 1. The number of hydrogen-bond acceptors (Lipinski definition) is 2. The van der Waals surface area contributed by atoms with Crippen molar-refractivity contribution in [2.24, 2.45) is 0 Å². The van der Waals surface area contributed by atoms with Gasteiger partial charge in [0.15, 0.2) is 0 Å². The SMILES string of the molecule is Cc1cccc(NC(=O)CCN2CCc3ccccc32)c1. The summed E-state index contributed by atoms with van der Waals surface area (Å²) >= 11 is 0. The Balaban J connectivity index is 1.55. The van der Waals surface area contributed by atoms with Crippen LogP contribution in [0.2, 0.25) is 0 Å². The summed E-state index contributed by atoms with van der Waals surface area (Å²) < 4.78 is 0. The van der Waals surface area contributed by atoms with Gasteiger partial charge in [0.2, 0.25) is 5.91 Å². The van der Waals surface area contributed by atoms with Gasteiger partial charge in [0.25, 0.3) is 0 Å². The van der Waals surface area contributed by atoms with Crippen LogP contribution in [0.25, 0.3) is 0 Å². The van der Waals surface area contributed by atoms with E-state index in [4.69, 9.17) is 0 Å². The average molecular weight is 280 g/mol. The van der Waals surface area contributed by atoms with Gasteiger partial charge in [0.05, 0.1) is 0 Å². The summed E-state index contributed by atoms with van der Waals surface area (Å²) in [5.74, 6) is 0.0741. The van der Waals surface area contributed by atoms with Crippen LogP contribution in [0.1, 0.15) is 17.5 Å². The first kappa shape index (κ1) is 13.7. The molecule has 1 amide bonds. The van der Waals surface area contributed by atoms with Gasteiger partial charge in [-0.05, 0) is 42.7 Å². The summed E-state index contributed by atoms with van der Waals surface area (Å²) in [4.78, 5) is 14.4. The monoisotopic (exact) mass is 280 g/mol. The molecule has 1 aliphatic rings. The number of nitrogens with zero attached hydrogens (tertiary/aromatic N) is 1. The second-order valence-corrected chi connectivity index (χ2v) is 5.53. The fourth-order valence-corrected chi connectivity index (χ4v) is 2.82. The number of amides is 1. The number of carbonyl (C=O) groups is 1. The maximum Gasteiger partial charge on any atom is 0.226 e. The molecular formula is C18H20N2O. The number of aryl methyl sites for hydroxylation is 1. The standard InChI is InChI=1S/C18H20N2O/c1-14-5-4-7-16(13-14)19-18(21)10-12-20-11-9-15-6-2-3-8-17(15)20/h2-8,13H,9-12H2,1H3,(H,19,21). The fourth-order valence-electron chi connectivity index (χ4n) is 2.82. The van der Waals surface area contributed by atoms with E-state index < -0.39 is 0 Å². The highest BCUT2D eigenvalue weighted by molar-refractivity contribution is 5.91. The molecule has 21 heavy (non-hydrogen) atoms. The Labute approximate surface area is 125 Å². The number of carbonyl (C=O) groups excluding carboxylic acids is 1. The van der Waals surface area contributed by atoms with Crippen LogP contribution >= 0.6 is 0 Å². The summed E-state index contributed by atoms with van der Waals surface area (Å²) in [5.41, 5.74) is 4.69. The Morgan fingerprint density at radius 3 is 2.90 bits per heavy atom. The van der Waals surface area contributed by atoms with Gasteiger partial charge in [-0.25, -0.2) is 0 Å². The van der Waals surface area contributed by atoms with Gasteiger partial charge in [-0.3, -0.25) is 4.79 Å². The third kappa shape index (κ3) is 3.24. The van der Waals surface area contributed by atoms with E-state index >= 15 is 0 Å². The number of nitrogens with one attached hydrogen (secondary N) is 1. The third-order valence-corrected chi connectivity index (χ3v) is 3.89. The van der Waals surface area contributed by atoms with E-state index in [0.29, 0.717) is 6.42 Å². The van der Waals surface area contributed by atoms with Crippen LogP contribution in [-0.4, -0.2) is 19.0 Å². The van der Waals surface area contributed by atoms with E-state index in [1.807, 2.05) is 31.2 Å². The minimum absolute atomic E-state index is 0.0741. The predicted molar refractivity (Wildman–Crippen MR) is 86.8 cm³/mol. The number of anilines is 2. The van der Waals surface area contributed by atoms with Gasteiger partial charge in [-0.2, -0.15) is 0 Å².